The number of thiol groups is 1. The van der Waals surface area contributed by atoms with E-state index in [9.17, 15) is 0 Å². The normalized spacial score (nSPS) is 51.4. The predicted octanol–water partition coefficient (Wildman–Crippen LogP) is 7.55. The standard InChI is InChI=1S/C23H38.CH4S/c1-16(2)18-8-9-19-17-10-14-21(3)12-6-7-13-23(21,5)20(17)11-15-22(18,19)4;1-2/h17-20H,1,6-15H2,2-5H3;2H,1H3. The molecule has 0 aromatic carbocycles. The van der Waals surface area contributed by atoms with E-state index in [-0.39, 0.29) is 0 Å². The lowest BCUT2D eigenvalue weighted by molar-refractivity contribution is -0.150. The van der Waals surface area contributed by atoms with Gasteiger partial charge in [0, 0.05) is 0 Å². The van der Waals surface area contributed by atoms with Crippen molar-refractivity contribution in [2.24, 2.45) is 39.9 Å². The van der Waals surface area contributed by atoms with E-state index in [1.165, 1.54) is 69.8 Å². The lowest BCUT2D eigenvalue weighted by atomic mass is 9.40. The Morgan fingerprint density at radius 1 is 0.840 bits per heavy atom. The SMILES string of the molecule is C=C(C)C1CCC2C3CCC4(C)CCCCC4(C)C3CCC12C.CS. The second kappa shape index (κ2) is 6.92. The maximum Gasteiger partial charge on any atom is -0.0152 e. The van der Waals surface area contributed by atoms with Gasteiger partial charge in [-0.25, -0.2) is 0 Å². The van der Waals surface area contributed by atoms with Crippen LogP contribution in [0.4, 0.5) is 0 Å². The molecule has 0 aromatic heterocycles. The maximum atomic E-state index is 4.37. The fourth-order valence-corrected chi connectivity index (χ4v) is 8.41. The van der Waals surface area contributed by atoms with Crippen LogP contribution in [0.3, 0.4) is 0 Å². The molecule has 25 heavy (non-hydrogen) atoms. The van der Waals surface area contributed by atoms with E-state index in [0.29, 0.717) is 16.2 Å². The van der Waals surface area contributed by atoms with Crippen molar-refractivity contribution in [3.05, 3.63) is 12.2 Å². The molecule has 4 aliphatic rings. The number of rotatable bonds is 1. The first-order valence-electron chi connectivity index (χ1n) is 10.9. The zero-order chi connectivity index (χ0) is 18.5. The highest BCUT2D eigenvalue weighted by molar-refractivity contribution is 7.79. The van der Waals surface area contributed by atoms with E-state index >= 15 is 0 Å². The molecule has 0 bridgehead atoms. The van der Waals surface area contributed by atoms with E-state index in [4.69, 9.17) is 0 Å². The fourth-order valence-electron chi connectivity index (χ4n) is 8.41. The van der Waals surface area contributed by atoms with Crippen LogP contribution in [-0.4, -0.2) is 6.26 Å². The summed E-state index contributed by atoms with van der Waals surface area (Å²) in [6.45, 7) is 14.7. The van der Waals surface area contributed by atoms with Crippen LogP contribution in [0, 0.1) is 39.9 Å². The van der Waals surface area contributed by atoms with E-state index < -0.39 is 0 Å². The van der Waals surface area contributed by atoms with Crippen LogP contribution in [-0.2, 0) is 0 Å². The highest BCUT2D eigenvalue weighted by Gasteiger charge is 2.62. The zero-order valence-electron chi connectivity index (χ0n) is 17.5. The number of hydrogen-bond donors (Lipinski definition) is 1. The molecule has 4 rings (SSSR count). The van der Waals surface area contributed by atoms with Crippen LogP contribution in [0.25, 0.3) is 0 Å². The summed E-state index contributed by atoms with van der Waals surface area (Å²) >= 11 is 3.53. The van der Waals surface area contributed by atoms with Crippen molar-refractivity contribution in [1.82, 2.24) is 0 Å². The van der Waals surface area contributed by atoms with Crippen LogP contribution < -0.4 is 0 Å². The van der Waals surface area contributed by atoms with Gasteiger partial charge in [-0.15, -0.1) is 0 Å². The van der Waals surface area contributed by atoms with Crippen molar-refractivity contribution in [3.63, 3.8) is 0 Å². The van der Waals surface area contributed by atoms with Gasteiger partial charge in [-0.05, 0) is 104 Å². The molecule has 0 nitrogen and oxygen atoms in total. The predicted molar refractivity (Wildman–Crippen MR) is 114 cm³/mol. The molecule has 0 amide bonds. The summed E-state index contributed by atoms with van der Waals surface area (Å²) in [6, 6.07) is 0. The highest BCUT2D eigenvalue weighted by Crippen LogP contribution is 2.71. The molecular formula is C24H42S. The van der Waals surface area contributed by atoms with Gasteiger partial charge in [0.05, 0.1) is 0 Å². The lowest BCUT2D eigenvalue weighted by Crippen LogP contribution is -2.56. The average molecular weight is 363 g/mol. The Hall–Kier alpha value is 0.0900. The monoisotopic (exact) mass is 362 g/mol. The Labute approximate surface area is 163 Å². The van der Waals surface area contributed by atoms with Gasteiger partial charge in [0.1, 0.15) is 0 Å². The van der Waals surface area contributed by atoms with Crippen molar-refractivity contribution in [2.45, 2.75) is 91.9 Å². The fraction of sp³-hybridized carbons (Fsp3) is 0.917. The molecule has 0 radical (unpaired) electrons. The van der Waals surface area contributed by atoms with Gasteiger partial charge >= 0.3 is 0 Å². The van der Waals surface area contributed by atoms with E-state index in [2.05, 4.69) is 46.9 Å². The summed E-state index contributed by atoms with van der Waals surface area (Å²) in [5.41, 5.74) is 3.33. The third-order valence-corrected chi connectivity index (χ3v) is 9.93. The first kappa shape index (κ1) is 19.8. The Bertz CT molecular complexity index is 510. The molecule has 0 aliphatic heterocycles. The number of allylic oxidation sites excluding steroid dienone is 1. The van der Waals surface area contributed by atoms with Crippen LogP contribution in [0.1, 0.15) is 91.9 Å². The highest BCUT2D eigenvalue weighted by atomic mass is 32.1. The zero-order valence-corrected chi connectivity index (χ0v) is 18.4. The summed E-state index contributed by atoms with van der Waals surface area (Å²) < 4.78 is 0. The third-order valence-electron chi connectivity index (χ3n) is 9.93. The minimum Gasteiger partial charge on any atom is -0.183 e. The van der Waals surface area contributed by atoms with Crippen LogP contribution in [0.15, 0.2) is 12.2 Å². The molecule has 0 aromatic rings. The van der Waals surface area contributed by atoms with Gasteiger partial charge in [-0.3, -0.25) is 0 Å². The van der Waals surface area contributed by atoms with Crippen LogP contribution in [0.5, 0.6) is 0 Å². The first-order valence-corrected chi connectivity index (χ1v) is 11.8. The van der Waals surface area contributed by atoms with Gasteiger partial charge in [0.15, 0.2) is 0 Å². The largest absolute Gasteiger partial charge is 0.183 e. The molecule has 144 valence electrons. The summed E-state index contributed by atoms with van der Waals surface area (Å²) in [5, 5.41) is 0. The Morgan fingerprint density at radius 3 is 2.20 bits per heavy atom. The van der Waals surface area contributed by atoms with Gasteiger partial charge in [-0.2, -0.15) is 12.6 Å². The molecule has 4 aliphatic carbocycles. The molecule has 7 unspecified atom stereocenters. The molecule has 1 heteroatoms. The summed E-state index contributed by atoms with van der Waals surface area (Å²) in [4.78, 5) is 0. The first-order chi connectivity index (χ1) is 11.8. The smallest absolute Gasteiger partial charge is 0.0152 e. The lowest BCUT2D eigenvalue weighted by Gasteiger charge is -2.64. The molecular weight excluding hydrogens is 320 g/mol. The van der Waals surface area contributed by atoms with Gasteiger partial charge in [0.2, 0.25) is 0 Å². The minimum atomic E-state index is 0.575. The topological polar surface area (TPSA) is 0 Å². The van der Waals surface area contributed by atoms with E-state index in [0.717, 1.165) is 23.7 Å². The van der Waals surface area contributed by atoms with Crippen molar-refractivity contribution in [2.75, 3.05) is 6.26 Å². The van der Waals surface area contributed by atoms with Crippen molar-refractivity contribution >= 4 is 12.6 Å². The van der Waals surface area contributed by atoms with Crippen molar-refractivity contribution < 1.29 is 0 Å². The van der Waals surface area contributed by atoms with Gasteiger partial charge in [-0.1, -0.05) is 45.8 Å². The maximum absolute atomic E-state index is 4.37. The summed E-state index contributed by atoms with van der Waals surface area (Å²) in [6.07, 6.45) is 16.6. The van der Waals surface area contributed by atoms with E-state index in [1.807, 2.05) is 0 Å². The summed E-state index contributed by atoms with van der Waals surface area (Å²) in [7, 11) is 0. The molecule has 4 saturated carbocycles. The molecule has 7 atom stereocenters. The summed E-state index contributed by atoms with van der Waals surface area (Å²) in [5.74, 6) is 3.84. The van der Waals surface area contributed by atoms with E-state index in [1.54, 1.807) is 6.26 Å². The number of hydrogen-bond acceptors (Lipinski definition) is 1. The average Bonchev–Trinajstić information content (AvgIpc) is 2.94. The Kier molecular flexibility index (Phi) is 5.49. The number of fused-ring (bicyclic) bond motifs is 5. The van der Waals surface area contributed by atoms with Crippen molar-refractivity contribution in [3.8, 4) is 0 Å². The van der Waals surface area contributed by atoms with Gasteiger partial charge < -0.3 is 0 Å². The van der Waals surface area contributed by atoms with Crippen LogP contribution >= 0.6 is 12.6 Å². The molecule has 4 fully saturated rings. The quantitative estimate of drug-likeness (QED) is 0.361. The minimum absolute atomic E-state index is 0.575. The molecule has 0 spiro atoms. The second-order valence-electron chi connectivity index (χ2n) is 10.6. The third kappa shape index (κ3) is 2.77. The molecule has 0 saturated heterocycles. The van der Waals surface area contributed by atoms with Crippen molar-refractivity contribution in [1.29, 1.82) is 0 Å². The van der Waals surface area contributed by atoms with Crippen LogP contribution in [0.2, 0.25) is 0 Å². The second-order valence-corrected chi connectivity index (χ2v) is 10.6. The Balaban J connectivity index is 0.000000880. The molecule has 0 heterocycles. The van der Waals surface area contributed by atoms with Gasteiger partial charge in [0.25, 0.3) is 0 Å². The molecule has 0 N–H and O–H groups in total. The Morgan fingerprint density at radius 2 is 1.52 bits per heavy atom.